The Morgan fingerprint density at radius 1 is 1.25 bits per heavy atom. The summed E-state index contributed by atoms with van der Waals surface area (Å²) in [5.41, 5.74) is 1.03. The fourth-order valence-electron chi connectivity index (χ4n) is 2.69. The van der Waals surface area contributed by atoms with Crippen molar-refractivity contribution in [1.29, 1.82) is 0 Å². The Hall–Kier alpha value is -2.63. The number of rotatable bonds is 5. The lowest BCUT2D eigenvalue weighted by atomic mass is 10.1. The standard InChI is InChI=1S/C18H21N3O3/c1-14-4-2-3-5-16(14)23-13-18(22)21-10-6-15(7-11-21)24-17-12-19-8-9-20-17/h2-5,8-9,12,15H,6-7,10-11,13H2,1H3. The molecule has 6 heteroatoms. The molecule has 3 rings (SSSR count). The van der Waals surface area contributed by atoms with Crippen molar-refractivity contribution >= 4 is 5.91 Å². The lowest BCUT2D eigenvalue weighted by molar-refractivity contribution is -0.135. The molecule has 1 fully saturated rings. The van der Waals surface area contributed by atoms with Gasteiger partial charge in [0.05, 0.1) is 6.20 Å². The average molecular weight is 327 g/mol. The van der Waals surface area contributed by atoms with Gasteiger partial charge in [-0.05, 0) is 18.6 Å². The largest absolute Gasteiger partial charge is 0.484 e. The van der Waals surface area contributed by atoms with E-state index in [0.717, 1.165) is 24.2 Å². The number of carbonyl (C=O) groups is 1. The van der Waals surface area contributed by atoms with Gasteiger partial charge in [-0.25, -0.2) is 4.98 Å². The van der Waals surface area contributed by atoms with Gasteiger partial charge in [0.15, 0.2) is 6.61 Å². The van der Waals surface area contributed by atoms with Crippen LogP contribution in [0, 0.1) is 6.92 Å². The Morgan fingerprint density at radius 2 is 2.04 bits per heavy atom. The number of carbonyl (C=O) groups excluding carboxylic acids is 1. The molecule has 1 aliphatic heterocycles. The number of ether oxygens (including phenoxy) is 2. The van der Waals surface area contributed by atoms with E-state index in [1.165, 1.54) is 0 Å². The maximum absolute atomic E-state index is 12.3. The summed E-state index contributed by atoms with van der Waals surface area (Å²) in [7, 11) is 0. The summed E-state index contributed by atoms with van der Waals surface area (Å²) < 4.78 is 11.4. The molecule has 1 amide bonds. The first-order chi connectivity index (χ1) is 11.7. The molecule has 0 radical (unpaired) electrons. The second kappa shape index (κ2) is 7.77. The monoisotopic (exact) mass is 327 g/mol. The maximum Gasteiger partial charge on any atom is 0.260 e. The Morgan fingerprint density at radius 3 is 2.75 bits per heavy atom. The Labute approximate surface area is 141 Å². The average Bonchev–Trinajstić information content (AvgIpc) is 2.62. The van der Waals surface area contributed by atoms with Gasteiger partial charge < -0.3 is 14.4 Å². The topological polar surface area (TPSA) is 64.5 Å². The maximum atomic E-state index is 12.3. The Bertz CT molecular complexity index is 670. The van der Waals surface area contributed by atoms with Gasteiger partial charge in [-0.15, -0.1) is 0 Å². The van der Waals surface area contributed by atoms with Gasteiger partial charge in [0, 0.05) is 38.3 Å². The number of nitrogens with zero attached hydrogens (tertiary/aromatic N) is 3. The lowest BCUT2D eigenvalue weighted by Gasteiger charge is -2.31. The van der Waals surface area contributed by atoms with Crippen LogP contribution in [0.25, 0.3) is 0 Å². The van der Waals surface area contributed by atoms with Crippen LogP contribution in [0.15, 0.2) is 42.9 Å². The predicted molar refractivity (Wildman–Crippen MR) is 88.9 cm³/mol. The van der Waals surface area contributed by atoms with Crippen LogP contribution in [0.3, 0.4) is 0 Å². The molecule has 0 unspecified atom stereocenters. The van der Waals surface area contributed by atoms with E-state index in [-0.39, 0.29) is 18.6 Å². The number of para-hydroxylation sites is 1. The zero-order valence-corrected chi connectivity index (χ0v) is 13.7. The van der Waals surface area contributed by atoms with Gasteiger partial charge >= 0.3 is 0 Å². The van der Waals surface area contributed by atoms with Crippen LogP contribution in [-0.4, -0.2) is 46.6 Å². The van der Waals surface area contributed by atoms with Crippen LogP contribution >= 0.6 is 0 Å². The minimum Gasteiger partial charge on any atom is -0.484 e. The first-order valence-corrected chi connectivity index (χ1v) is 8.11. The van der Waals surface area contributed by atoms with Gasteiger partial charge in [-0.2, -0.15) is 0 Å². The second-order valence-corrected chi connectivity index (χ2v) is 5.80. The third-order valence-electron chi connectivity index (χ3n) is 4.07. The van der Waals surface area contributed by atoms with Crippen LogP contribution in [0.5, 0.6) is 11.6 Å². The highest BCUT2D eigenvalue weighted by molar-refractivity contribution is 5.77. The summed E-state index contributed by atoms with van der Waals surface area (Å²) in [6, 6.07) is 7.70. The summed E-state index contributed by atoms with van der Waals surface area (Å²) in [5, 5.41) is 0. The van der Waals surface area contributed by atoms with Gasteiger partial charge in [-0.3, -0.25) is 9.78 Å². The van der Waals surface area contributed by atoms with E-state index in [0.29, 0.717) is 19.0 Å². The number of aryl methyl sites for hydroxylation is 1. The highest BCUT2D eigenvalue weighted by atomic mass is 16.5. The third kappa shape index (κ3) is 4.22. The molecule has 1 aliphatic rings. The Kier molecular flexibility index (Phi) is 5.25. The molecule has 0 aliphatic carbocycles. The van der Waals surface area contributed by atoms with E-state index >= 15 is 0 Å². The molecule has 0 N–H and O–H groups in total. The number of likely N-dealkylation sites (tertiary alicyclic amines) is 1. The van der Waals surface area contributed by atoms with E-state index in [2.05, 4.69) is 9.97 Å². The molecule has 0 saturated carbocycles. The molecule has 1 saturated heterocycles. The minimum atomic E-state index is 0.0104. The number of hydrogen-bond acceptors (Lipinski definition) is 5. The fourth-order valence-corrected chi connectivity index (χ4v) is 2.69. The summed E-state index contributed by atoms with van der Waals surface area (Å²) >= 11 is 0. The normalized spacial score (nSPS) is 15.1. The lowest BCUT2D eigenvalue weighted by Crippen LogP contribution is -2.43. The Balaban J connectivity index is 1.44. The summed E-state index contributed by atoms with van der Waals surface area (Å²) in [5.74, 6) is 1.30. The van der Waals surface area contributed by atoms with E-state index in [1.54, 1.807) is 18.6 Å². The van der Waals surface area contributed by atoms with Crippen LogP contribution < -0.4 is 9.47 Å². The number of amides is 1. The summed E-state index contributed by atoms with van der Waals surface area (Å²) in [4.78, 5) is 22.2. The van der Waals surface area contributed by atoms with Gasteiger partial charge in [-0.1, -0.05) is 18.2 Å². The zero-order chi connectivity index (χ0) is 16.8. The molecule has 2 heterocycles. The highest BCUT2D eigenvalue weighted by Gasteiger charge is 2.24. The molecule has 0 spiro atoms. The van der Waals surface area contributed by atoms with Crippen LogP contribution in [0.1, 0.15) is 18.4 Å². The van der Waals surface area contributed by atoms with Crippen molar-refractivity contribution in [2.75, 3.05) is 19.7 Å². The molecule has 126 valence electrons. The van der Waals surface area contributed by atoms with Crippen molar-refractivity contribution in [3.63, 3.8) is 0 Å². The van der Waals surface area contributed by atoms with E-state index in [4.69, 9.17) is 9.47 Å². The predicted octanol–water partition coefficient (Wildman–Crippen LogP) is 2.23. The van der Waals surface area contributed by atoms with Crippen molar-refractivity contribution < 1.29 is 14.3 Å². The number of benzene rings is 1. The van der Waals surface area contributed by atoms with Crippen molar-refractivity contribution in [3.8, 4) is 11.6 Å². The van der Waals surface area contributed by atoms with Crippen LogP contribution in [0.4, 0.5) is 0 Å². The van der Waals surface area contributed by atoms with Crippen molar-refractivity contribution in [2.24, 2.45) is 0 Å². The van der Waals surface area contributed by atoms with E-state index < -0.39 is 0 Å². The molecular weight excluding hydrogens is 306 g/mol. The summed E-state index contributed by atoms with van der Waals surface area (Å²) in [6.07, 6.45) is 6.47. The van der Waals surface area contributed by atoms with E-state index in [1.807, 2.05) is 36.1 Å². The molecule has 0 bridgehead atoms. The molecule has 0 atom stereocenters. The fraction of sp³-hybridized carbons (Fsp3) is 0.389. The van der Waals surface area contributed by atoms with Gasteiger partial charge in [0.1, 0.15) is 11.9 Å². The molecular formula is C18H21N3O3. The van der Waals surface area contributed by atoms with E-state index in [9.17, 15) is 4.79 Å². The van der Waals surface area contributed by atoms with Crippen LogP contribution in [-0.2, 0) is 4.79 Å². The molecule has 6 nitrogen and oxygen atoms in total. The highest BCUT2D eigenvalue weighted by Crippen LogP contribution is 2.18. The van der Waals surface area contributed by atoms with Crippen molar-refractivity contribution in [2.45, 2.75) is 25.9 Å². The van der Waals surface area contributed by atoms with Crippen molar-refractivity contribution in [3.05, 3.63) is 48.4 Å². The van der Waals surface area contributed by atoms with Crippen LogP contribution in [0.2, 0.25) is 0 Å². The molecule has 2 aromatic rings. The summed E-state index contributed by atoms with van der Waals surface area (Å²) in [6.45, 7) is 3.37. The van der Waals surface area contributed by atoms with Gasteiger partial charge in [0.2, 0.25) is 5.88 Å². The molecule has 1 aromatic heterocycles. The number of piperidine rings is 1. The quantitative estimate of drug-likeness (QED) is 0.842. The number of hydrogen-bond donors (Lipinski definition) is 0. The third-order valence-corrected chi connectivity index (χ3v) is 4.07. The molecule has 24 heavy (non-hydrogen) atoms. The first-order valence-electron chi connectivity index (χ1n) is 8.11. The SMILES string of the molecule is Cc1ccccc1OCC(=O)N1CCC(Oc2cnccn2)CC1. The zero-order valence-electron chi connectivity index (χ0n) is 13.7. The minimum absolute atomic E-state index is 0.0104. The first kappa shape index (κ1) is 16.2. The van der Waals surface area contributed by atoms with Gasteiger partial charge in [0.25, 0.3) is 5.91 Å². The second-order valence-electron chi connectivity index (χ2n) is 5.80. The molecule has 1 aromatic carbocycles. The number of aromatic nitrogens is 2. The smallest absolute Gasteiger partial charge is 0.260 e. The van der Waals surface area contributed by atoms with Crippen molar-refractivity contribution in [1.82, 2.24) is 14.9 Å².